The van der Waals surface area contributed by atoms with Gasteiger partial charge in [-0.05, 0) is 31.5 Å². The van der Waals surface area contributed by atoms with E-state index in [-0.39, 0.29) is 6.10 Å². The predicted molar refractivity (Wildman–Crippen MR) is 64.1 cm³/mol. The van der Waals surface area contributed by atoms with Crippen LogP contribution in [0.4, 0.5) is 0 Å². The third-order valence-electron chi connectivity index (χ3n) is 2.62. The van der Waals surface area contributed by atoms with E-state index >= 15 is 0 Å². The van der Waals surface area contributed by atoms with Gasteiger partial charge in [-0.15, -0.1) is 0 Å². The number of para-hydroxylation sites is 2. The fraction of sp³-hybridized carbons (Fsp3) is 0.538. The molecular weight excluding hydrogens is 202 g/mol. The van der Waals surface area contributed by atoms with Crippen molar-refractivity contribution in [1.29, 1.82) is 0 Å². The van der Waals surface area contributed by atoms with Crippen LogP contribution in [-0.4, -0.2) is 25.8 Å². The van der Waals surface area contributed by atoms with Crippen LogP contribution in [0.25, 0.3) is 0 Å². The van der Waals surface area contributed by atoms with E-state index in [1.807, 2.05) is 24.3 Å². The van der Waals surface area contributed by atoms with Gasteiger partial charge in [0.2, 0.25) is 0 Å². The SMILES string of the molecule is CCCOc1ccccc1OC1CCNC1. The lowest BCUT2D eigenvalue weighted by Gasteiger charge is -2.16. The highest BCUT2D eigenvalue weighted by Crippen LogP contribution is 2.28. The Morgan fingerprint density at radius 2 is 2.12 bits per heavy atom. The lowest BCUT2D eigenvalue weighted by molar-refractivity contribution is 0.206. The average molecular weight is 221 g/mol. The van der Waals surface area contributed by atoms with Gasteiger partial charge in [-0.3, -0.25) is 0 Å². The lowest BCUT2D eigenvalue weighted by Crippen LogP contribution is -2.19. The van der Waals surface area contributed by atoms with Crippen LogP contribution in [0.1, 0.15) is 19.8 Å². The molecular formula is C13H19NO2. The van der Waals surface area contributed by atoms with Crippen LogP contribution in [0.15, 0.2) is 24.3 Å². The zero-order chi connectivity index (χ0) is 11.2. The molecule has 0 radical (unpaired) electrons. The Morgan fingerprint density at radius 3 is 2.81 bits per heavy atom. The monoisotopic (exact) mass is 221 g/mol. The summed E-state index contributed by atoms with van der Waals surface area (Å²) in [6.07, 6.45) is 2.37. The second-order valence-corrected chi connectivity index (χ2v) is 4.03. The fourth-order valence-electron chi connectivity index (χ4n) is 1.79. The Balaban J connectivity index is 2.00. The molecule has 1 aliphatic heterocycles. The summed E-state index contributed by atoms with van der Waals surface area (Å²) < 4.78 is 11.6. The van der Waals surface area contributed by atoms with Crippen LogP contribution in [0.2, 0.25) is 0 Å². The zero-order valence-electron chi connectivity index (χ0n) is 9.74. The maximum atomic E-state index is 5.92. The molecule has 1 heterocycles. The van der Waals surface area contributed by atoms with Gasteiger partial charge in [-0.1, -0.05) is 19.1 Å². The third kappa shape index (κ3) is 2.89. The number of ether oxygens (including phenoxy) is 2. The summed E-state index contributed by atoms with van der Waals surface area (Å²) in [5.74, 6) is 1.72. The van der Waals surface area contributed by atoms with Crippen LogP contribution < -0.4 is 14.8 Å². The normalized spacial score (nSPS) is 19.7. The second-order valence-electron chi connectivity index (χ2n) is 4.03. The number of benzene rings is 1. The molecule has 0 bridgehead atoms. The molecule has 0 amide bonds. The third-order valence-corrected chi connectivity index (χ3v) is 2.62. The minimum absolute atomic E-state index is 0.284. The summed E-state index contributed by atoms with van der Waals surface area (Å²) in [6.45, 7) is 4.82. The second kappa shape index (κ2) is 5.75. The summed E-state index contributed by atoms with van der Waals surface area (Å²) in [4.78, 5) is 0. The lowest BCUT2D eigenvalue weighted by atomic mass is 10.3. The van der Waals surface area contributed by atoms with Crippen molar-refractivity contribution >= 4 is 0 Å². The summed E-state index contributed by atoms with van der Waals surface area (Å²) >= 11 is 0. The van der Waals surface area contributed by atoms with Gasteiger partial charge in [-0.25, -0.2) is 0 Å². The molecule has 1 aliphatic rings. The van der Waals surface area contributed by atoms with Gasteiger partial charge >= 0.3 is 0 Å². The summed E-state index contributed by atoms with van der Waals surface area (Å²) in [6, 6.07) is 7.90. The number of hydrogen-bond donors (Lipinski definition) is 1. The topological polar surface area (TPSA) is 30.5 Å². The van der Waals surface area contributed by atoms with E-state index in [1.165, 1.54) is 0 Å². The van der Waals surface area contributed by atoms with Crippen molar-refractivity contribution in [2.75, 3.05) is 19.7 Å². The molecule has 0 aromatic heterocycles. The molecule has 0 spiro atoms. The van der Waals surface area contributed by atoms with E-state index in [0.717, 1.165) is 44.0 Å². The van der Waals surface area contributed by atoms with Crippen LogP contribution in [0.5, 0.6) is 11.5 Å². The van der Waals surface area contributed by atoms with Gasteiger partial charge in [0.15, 0.2) is 11.5 Å². The molecule has 88 valence electrons. The molecule has 0 saturated carbocycles. The summed E-state index contributed by atoms with van der Waals surface area (Å²) in [7, 11) is 0. The molecule has 1 unspecified atom stereocenters. The molecule has 16 heavy (non-hydrogen) atoms. The van der Waals surface area contributed by atoms with Crippen molar-refractivity contribution in [2.45, 2.75) is 25.9 Å². The van der Waals surface area contributed by atoms with E-state index in [4.69, 9.17) is 9.47 Å². The van der Waals surface area contributed by atoms with Gasteiger partial charge in [0.1, 0.15) is 6.10 Å². The molecule has 1 N–H and O–H groups in total. The highest BCUT2D eigenvalue weighted by Gasteiger charge is 2.17. The minimum atomic E-state index is 0.284. The van der Waals surface area contributed by atoms with Crippen molar-refractivity contribution in [2.24, 2.45) is 0 Å². The number of rotatable bonds is 5. The summed E-state index contributed by atoms with van der Waals surface area (Å²) in [5, 5.41) is 3.29. The van der Waals surface area contributed by atoms with Gasteiger partial charge in [-0.2, -0.15) is 0 Å². The summed E-state index contributed by atoms with van der Waals surface area (Å²) in [5.41, 5.74) is 0. The van der Waals surface area contributed by atoms with E-state index in [9.17, 15) is 0 Å². The molecule has 0 aliphatic carbocycles. The molecule has 3 heteroatoms. The van der Waals surface area contributed by atoms with Crippen molar-refractivity contribution < 1.29 is 9.47 Å². The van der Waals surface area contributed by atoms with Crippen LogP contribution in [0.3, 0.4) is 0 Å². The maximum absolute atomic E-state index is 5.92. The van der Waals surface area contributed by atoms with Gasteiger partial charge < -0.3 is 14.8 Å². The Kier molecular flexibility index (Phi) is 4.05. The highest BCUT2D eigenvalue weighted by molar-refractivity contribution is 5.39. The molecule has 3 nitrogen and oxygen atoms in total. The average Bonchev–Trinajstić information content (AvgIpc) is 2.81. The zero-order valence-corrected chi connectivity index (χ0v) is 9.74. The minimum Gasteiger partial charge on any atom is -0.490 e. The first-order chi connectivity index (χ1) is 7.90. The first-order valence-electron chi connectivity index (χ1n) is 5.99. The maximum Gasteiger partial charge on any atom is 0.161 e. The van der Waals surface area contributed by atoms with Crippen molar-refractivity contribution in [3.8, 4) is 11.5 Å². The molecule has 1 aromatic carbocycles. The highest BCUT2D eigenvalue weighted by atomic mass is 16.5. The smallest absolute Gasteiger partial charge is 0.161 e. The van der Waals surface area contributed by atoms with E-state index < -0.39 is 0 Å². The predicted octanol–water partition coefficient (Wildman–Crippen LogP) is 2.22. The van der Waals surface area contributed by atoms with Gasteiger partial charge in [0, 0.05) is 6.54 Å². The van der Waals surface area contributed by atoms with Gasteiger partial charge in [0.25, 0.3) is 0 Å². The van der Waals surface area contributed by atoms with Crippen molar-refractivity contribution in [1.82, 2.24) is 5.32 Å². The Morgan fingerprint density at radius 1 is 1.31 bits per heavy atom. The molecule has 1 saturated heterocycles. The van der Waals surface area contributed by atoms with E-state index in [1.54, 1.807) is 0 Å². The standard InChI is InChI=1S/C13H19NO2/c1-2-9-15-12-5-3-4-6-13(12)16-11-7-8-14-10-11/h3-6,11,14H,2,7-10H2,1H3. The Bertz CT molecular complexity index is 321. The van der Waals surface area contributed by atoms with Gasteiger partial charge in [0.05, 0.1) is 6.61 Å². The number of hydrogen-bond acceptors (Lipinski definition) is 3. The Hall–Kier alpha value is -1.22. The molecule has 1 atom stereocenters. The fourth-order valence-corrected chi connectivity index (χ4v) is 1.79. The van der Waals surface area contributed by atoms with Crippen LogP contribution in [-0.2, 0) is 0 Å². The van der Waals surface area contributed by atoms with Crippen molar-refractivity contribution in [3.05, 3.63) is 24.3 Å². The largest absolute Gasteiger partial charge is 0.490 e. The van der Waals surface area contributed by atoms with E-state index in [2.05, 4.69) is 12.2 Å². The van der Waals surface area contributed by atoms with E-state index in [0.29, 0.717) is 0 Å². The van der Waals surface area contributed by atoms with Crippen molar-refractivity contribution in [3.63, 3.8) is 0 Å². The molecule has 1 fully saturated rings. The van der Waals surface area contributed by atoms with Crippen LogP contribution >= 0.6 is 0 Å². The molecule has 1 aromatic rings. The quantitative estimate of drug-likeness (QED) is 0.827. The first kappa shape index (κ1) is 11.3. The number of nitrogens with one attached hydrogen (secondary N) is 1. The first-order valence-corrected chi connectivity index (χ1v) is 5.99. The van der Waals surface area contributed by atoms with Crippen LogP contribution in [0, 0.1) is 0 Å². The Labute approximate surface area is 96.8 Å². The molecule has 2 rings (SSSR count).